The SMILES string of the molecule is CCc1cnn(C2CCN(CCC[C@H]3CC[C@H](C(=O)C(C)C)CC3)CC2)c1. The quantitative estimate of drug-likeness (QED) is 0.651. The number of rotatable bonds is 8. The van der Waals surface area contributed by atoms with Gasteiger partial charge in [0.25, 0.3) is 0 Å². The summed E-state index contributed by atoms with van der Waals surface area (Å²) in [6.45, 7) is 9.96. The molecular formula is C23H39N3O. The van der Waals surface area contributed by atoms with Crippen LogP contribution in [0.2, 0.25) is 0 Å². The van der Waals surface area contributed by atoms with Crippen LogP contribution in [0.1, 0.15) is 83.7 Å². The van der Waals surface area contributed by atoms with E-state index >= 15 is 0 Å². The Morgan fingerprint density at radius 3 is 2.44 bits per heavy atom. The molecule has 1 aromatic heterocycles. The van der Waals surface area contributed by atoms with Crippen molar-refractivity contribution < 1.29 is 4.79 Å². The molecule has 4 nitrogen and oxygen atoms in total. The molecule has 0 N–H and O–H groups in total. The minimum absolute atomic E-state index is 0.213. The van der Waals surface area contributed by atoms with Gasteiger partial charge in [-0.1, -0.05) is 20.8 Å². The van der Waals surface area contributed by atoms with Crippen molar-refractivity contribution in [3.63, 3.8) is 0 Å². The number of hydrogen-bond donors (Lipinski definition) is 0. The maximum atomic E-state index is 12.2. The van der Waals surface area contributed by atoms with E-state index in [2.05, 4.69) is 27.8 Å². The van der Waals surface area contributed by atoms with Gasteiger partial charge in [-0.3, -0.25) is 9.48 Å². The van der Waals surface area contributed by atoms with E-state index in [0.29, 0.717) is 17.7 Å². The van der Waals surface area contributed by atoms with Gasteiger partial charge in [0, 0.05) is 31.1 Å². The van der Waals surface area contributed by atoms with Crippen molar-refractivity contribution in [3.05, 3.63) is 18.0 Å². The van der Waals surface area contributed by atoms with Crippen LogP contribution < -0.4 is 0 Å². The highest BCUT2D eigenvalue weighted by atomic mass is 16.1. The zero-order valence-corrected chi connectivity index (χ0v) is 17.7. The second kappa shape index (κ2) is 9.86. The molecule has 2 aliphatic rings. The predicted molar refractivity (Wildman–Crippen MR) is 111 cm³/mol. The second-order valence-electron chi connectivity index (χ2n) is 9.17. The first kappa shape index (κ1) is 20.6. The Hall–Kier alpha value is -1.16. The standard InChI is InChI=1S/C23H39N3O/c1-4-19-16-24-26(17-19)22-11-14-25(15-12-22)13-5-6-20-7-9-21(10-8-20)23(27)18(2)3/h16-18,20-22H,4-15H2,1-3H3/t20-,21-. The maximum Gasteiger partial charge on any atom is 0.138 e. The lowest BCUT2D eigenvalue weighted by Gasteiger charge is -2.33. The largest absolute Gasteiger partial charge is 0.303 e. The molecule has 1 saturated heterocycles. The lowest BCUT2D eigenvalue weighted by Crippen LogP contribution is -2.35. The molecule has 152 valence electrons. The molecule has 0 atom stereocenters. The van der Waals surface area contributed by atoms with Gasteiger partial charge in [-0.05, 0) is 75.8 Å². The van der Waals surface area contributed by atoms with Gasteiger partial charge in [-0.15, -0.1) is 0 Å². The van der Waals surface area contributed by atoms with Gasteiger partial charge in [0.15, 0.2) is 0 Å². The van der Waals surface area contributed by atoms with Gasteiger partial charge in [0.2, 0.25) is 0 Å². The highest BCUT2D eigenvalue weighted by Gasteiger charge is 2.27. The van der Waals surface area contributed by atoms with E-state index in [-0.39, 0.29) is 5.92 Å². The summed E-state index contributed by atoms with van der Waals surface area (Å²) in [7, 11) is 0. The molecule has 4 heteroatoms. The van der Waals surface area contributed by atoms with Crippen molar-refractivity contribution in [1.29, 1.82) is 0 Å². The fourth-order valence-electron chi connectivity index (χ4n) is 4.98. The summed E-state index contributed by atoms with van der Waals surface area (Å²) in [4.78, 5) is 14.8. The van der Waals surface area contributed by atoms with Gasteiger partial charge >= 0.3 is 0 Å². The van der Waals surface area contributed by atoms with Crippen LogP contribution in [0.5, 0.6) is 0 Å². The lowest BCUT2D eigenvalue weighted by atomic mass is 9.76. The van der Waals surface area contributed by atoms with Crippen LogP contribution in [-0.2, 0) is 11.2 Å². The number of Topliss-reactive ketones (excluding diaryl/α,β-unsaturated/α-hetero) is 1. The molecule has 0 radical (unpaired) electrons. The molecule has 0 spiro atoms. The monoisotopic (exact) mass is 373 g/mol. The van der Waals surface area contributed by atoms with Gasteiger partial charge < -0.3 is 4.90 Å². The van der Waals surface area contributed by atoms with E-state index in [1.807, 2.05) is 20.0 Å². The van der Waals surface area contributed by atoms with Gasteiger partial charge in [0.1, 0.15) is 5.78 Å². The van der Waals surface area contributed by atoms with E-state index in [9.17, 15) is 4.79 Å². The van der Waals surface area contributed by atoms with E-state index in [1.54, 1.807) is 0 Å². The van der Waals surface area contributed by atoms with Crippen LogP contribution in [0.25, 0.3) is 0 Å². The summed E-state index contributed by atoms with van der Waals surface area (Å²) in [5.41, 5.74) is 1.35. The smallest absolute Gasteiger partial charge is 0.138 e. The van der Waals surface area contributed by atoms with Gasteiger partial charge in [-0.2, -0.15) is 5.10 Å². The summed E-state index contributed by atoms with van der Waals surface area (Å²) in [6, 6.07) is 0.593. The Kier molecular flexibility index (Phi) is 7.51. The Morgan fingerprint density at radius 2 is 1.85 bits per heavy atom. The summed E-state index contributed by atoms with van der Waals surface area (Å²) < 4.78 is 2.20. The average molecular weight is 374 g/mol. The van der Waals surface area contributed by atoms with E-state index in [4.69, 9.17) is 0 Å². The first-order chi connectivity index (χ1) is 13.1. The third-order valence-electron chi connectivity index (χ3n) is 6.90. The fourth-order valence-corrected chi connectivity index (χ4v) is 4.98. The maximum absolute atomic E-state index is 12.2. The number of likely N-dealkylation sites (tertiary alicyclic amines) is 1. The molecule has 0 amide bonds. The molecule has 1 aromatic rings. The Morgan fingerprint density at radius 1 is 1.15 bits per heavy atom. The first-order valence-electron chi connectivity index (χ1n) is 11.4. The Balaban J connectivity index is 1.30. The third kappa shape index (κ3) is 5.66. The van der Waals surface area contributed by atoms with Crippen LogP contribution in [0, 0.1) is 17.8 Å². The third-order valence-corrected chi connectivity index (χ3v) is 6.90. The molecule has 0 aromatic carbocycles. The molecule has 0 bridgehead atoms. The van der Waals surface area contributed by atoms with Crippen molar-refractivity contribution >= 4 is 5.78 Å². The number of hydrogen-bond acceptors (Lipinski definition) is 3. The van der Waals surface area contributed by atoms with Gasteiger partial charge in [-0.25, -0.2) is 0 Å². The molecular weight excluding hydrogens is 334 g/mol. The topological polar surface area (TPSA) is 38.1 Å². The van der Waals surface area contributed by atoms with Crippen molar-refractivity contribution in [1.82, 2.24) is 14.7 Å². The van der Waals surface area contributed by atoms with Crippen molar-refractivity contribution in [3.8, 4) is 0 Å². The highest BCUT2D eigenvalue weighted by Crippen LogP contribution is 2.33. The molecule has 2 heterocycles. The minimum atomic E-state index is 0.213. The summed E-state index contributed by atoms with van der Waals surface area (Å²) >= 11 is 0. The normalized spacial score (nSPS) is 25.2. The number of piperidine rings is 1. The van der Waals surface area contributed by atoms with Crippen molar-refractivity contribution in [2.24, 2.45) is 17.8 Å². The molecule has 27 heavy (non-hydrogen) atoms. The number of aromatic nitrogens is 2. The number of carbonyl (C=O) groups is 1. The van der Waals surface area contributed by atoms with Crippen molar-refractivity contribution in [2.75, 3.05) is 19.6 Å². The molecule has 0 unspecified atom stereocenters. The second-order valence-corrected chi connectivity index (χ2v) is 9.17. The number of nitrogens with zero attached hydrogens (tertiary/aromatic N) is 3. The van der Waals surface area contributed by atoms with Crippen LogP contribution in [0.15, 0.2) is 12.4 Å². The highest BCUT2D eigenvalue weighted by molar-refractivity contribution is 5.82. The zero-order valence-electron chi connectivity index (χ0n) is 17.7. The number of ketones is 1. The fraction of sp³-hybridized carbons (Fsp3) is 0.826. The number of aryl methyl sites for hydroxylation is 1. The van der Waals surface area contributed by atoms with Crippen LogP contribution in [0.4, 0.5) is 0 Å². The Labute approximate surface area is 165 Å². The molecule has 3 rings (SSSR count). The molecule has 1 aliphatic heterocycles. The summed E-state index contributed by atoms with van der Waals surface area (Å²) in [5.74, 6) is 1.93. The molecule has 2 fully saturated rings. The summed E-state index contributed by atoms with van der Waals surface area (Å²) in [6.07, 6.45) is 15.3. The van der Waals surface area contributed by atoms with E-state index in [0.717, 1.165) is 25.2 Å². The summed E-state index contributed by atoms with van der Waals surface area (Å²) in [5, 5.41) is 4.56. The van der Waals surface area contributed by atoms with E-state index in [1.165, 1.54) is 63.7 Å². The Bertz CT molecular complexity index is 578. The zero-order chi connectivity index (χ0) is 19.2. The minimum Gasteiger partial charge on any atom is -0.303 e. The first-order valence-corrected chi connectivity index (χ1v) is 11.4. The van der Waals surface area contributed by atoms with Gasteiger partial charge in [0.05, 0.1) is 12.2 Å². The van der Waals surface area contributed by atoms with Crippen LogP contribution in [-0.4, -0.2) is 40.1 Å². The van der Waals surface area contributed by atoms with Crippen molar-refractivity contribution in [2.45, 2.75) is 84.6 Å². The predicted octanol–water partition coefficient (Wildman–Crippen LogP) is 4.89. The lowest BCUT2D eigenvalue weighted by molar-refractivity contribution is -0.127. The van der Waals surface area contributed by atoms with E-state index < -0.39 is 0 Å². The molecule has 1 aliphatic carbocycles. The molecule has 1 saturated carbocycles. The average Bonchev–Trinajstić information content (AvgIpc) is 3.18. The number of carbonyl (C=O) groups excluding carboxylic acids is 1. The van der Waals surface area contributed by atoms with Crippen LogP contribution in [0.3, 0.4) is 0 Å². The van der Waals surface area contributed by atoms with Crippen LogP contribution >= 0.6 is 0 Å².